The van der Waals surface area contributed by atoms with Gasteiger partial charge in [-0.3, -0.25) is 4.79 Å². The van der Waals surface area contributed by atoms with Gasteiger partial charge in [0.25, 0.3) is 0 Å². The number of carboxylic acids is 1. The Bertz CT molecular complexity index is 576. The third-order valence-corrected chi connectivity index (χ3v) is 3.60. The van der Waals surface area contributed by atoms with Gasteiger partial charge in [-0.25, -0.2) is 0 Å². The molecule has 1 unspecified atom stereocenters. The predicted octanol–water partition coefficient (Wildman–Crippen LogP) is 4.17. The van der Waals surface area contributed by atoms with Gasteiger partial charge in [-0.15, -0.1) is 0 Å². The van der Waals surface area contributed by atoms with Crippen LogP contribution in [-0.2, 0) is 11.2 Å². The summed E-state index contributed by atoms with van der Waals surface area (Å²) in [5.74, 6) is -1.29. The van der Waals surface area contributed by atoms with Gasteiger partial charge in [-0.05, 0) is 36.6 Å². The van der Waals surface area contributed by atoms with Gasteiger partial charge in [0, 0.05) is 4.47 Å². The van der Waals surface area contributed by atoms with E-state index in [0.717, 1.165) is 21.2 Å². The summed E-state index contributed by atoms with van der Waals surface area (Å²) >= 11 is 3.41. The Morgan fingerprint density at radius 3 is 2.47 bits per heavy atom. The highest BCUT2D eigenvalue weighted by atomic mass is 79.9. The highest BCUT2D eigenvalue weighted by molar-refractivity contribution is 9.10. The molecule has 0 aliphatic heterocycles. The third kappa shape index (κ3) is 3.67. The van der Waals surface area contributed by atoms with Crippen molar-refractivity contribution in [2.24, 2.45) is 0 Å². The summed E-state index contributed by atoms with van der Waals surface area (Å²) in [7, 11) is 0. The Balaban J connectivity index is 2.26. The van der Waals surface area contributed by atoms with Crippen molar-refractivity contribution in [2.45, 2.75) is 19.3 Å². The number of rotatable bonds is 4. The zero-order valence-corrected chi connectivity index (χ0v) is 12.2. The first-order valence-corrected chi connectivity index (χ1v) is 6.89. The molecule has 1 N–H and O–H groups in total. The molecule has 3 heteroatoms. The smallest absolute Gasteiger partial charge is 0.311 e. The summed E-state index contributed by atoms with van der Waals surface area (Å²) in [6, 6.07) is 15.5. The minimum atomic E-state index is -0.788. The molecule has 2 aromatic carbocycles. The van der Waals surface area contributed by atoms with Crippen molar-refractivity contribution in [3.05, 3.63) is 69.7 Å². The number of hydrogen-bond acceptors (Lipinski definition) is 1. The molecule has 0 spiro atoms. The SMILES string of the molecule is Cc1ccc(C(Cc2cccc(Br)c2)C(=O)O)cc1. The van der Waals surface area contributed by atoms with E-state index in [2.05, 4.69) is 15.9 Å². The van der Waals surface area contributed by atoms with E-state index >= 15 is 0 Å². The molecular weight excluding hydrogens is 304 g/mol. The standard InChI is InChI=1S/C16H15BrO2/c1-11-5-7-13(8-6-11)15(16(18)19)10-12-3-2-4-14(17)9-12/h2-9,15H,10H2,1H3,(H,18,19). The fourth-order valence-corrected chi connectivity index (χ4v) is 2.49. The molecular formula is C16H15BrO2. The van der Waals surface area contributed by atoms with Crippen LogP contribution in [0.4, 0.5) is 0 Å². The lowest BCUT2D eigenvalue weighted by Gasteiger charge is -2.13. The van der Waals surface area contributed by atoms with Crippen LogP contribution in [0.15, 0.2) is 53.0 Å². The molecule has 0 bridgehead atoms. The van der Waals surface area contributed by atoms with E-state index in [4.69, 9.17) is 0 Å². The second-order valence-corrected chi connectivity index (χ2v) is 5.55. The molecule has 2 aromatic rings. The first-order chi connectivity index (χ1) is 9.06. The van der Waals surface area contributed by atoms with Gasteiger partial charge in [-0.2, -0.15) is 0 Å². The average molecular weight is 319 g/mol. The molecule has 19 heavy (non-hydrogen) atoms. The summed E-state index contributed by atoms with van der Waals surface area (Å²) in [5, 5.41) is 9.41. The summed E-state index contributed by atoms with van der Waals surface area (Å²) in [4.78, 5) is 11.5. The Morgan fingerprint density at radius 2 is 1.89 bits per heavy atom. The van der Waals surface area contributed by atoms with Gasteiger partial charge in [0.2, 0.25) is 0 Å². The predicted molar refractivity (Wildman–Crippen MR) is 79.4 cm³/mol. The highest BCUT2D eigenvalue weighted by Crippen LogP contribution is 2.23. The quantitative estimate of drug-likeness (QED) is 0.918. The summed E-state index contributed by atoms with van der Waals surface area (Å²) in [6.07, 6.45) is 0.498. The van der Waals surface area contributed by atoms with Crippen LogP contribution in [0.3, 0.4) is 0 Å². The topological polar surface area (TPSA) is 37.3 Å². The number of halogens is 1. The van der Waals surface area contributed by atoms with Crippen molar-refractivity contribution in [3.63, 3.8) is 0 Å². The third-order valence-electron chi connectivity index (χ3n) is 3.11. The van der Waals surface area contributed by atoms with E-state index < -0.39 is 11.9 Å². The van der Waals surface area contributed by atoms with Gasteiger partial charge in [0.1, 0.15) is 0 Å². The average Bonchev–Trinajstić information content (AvgIpc) is 2.37. The van der Waals surface area contributed by atoms with E-state index in [9.17, 15) is 9.90 Å². The van der Waals surface area contributed by atoms with E-state index in [1.165, 1.54) is 0 Å². The molecule has 0 heterocycles. The van der Waals surface area contributed by atoms with Crippen molar-refractivity contribution in [1.82, 2.24) is 0 Å². The fraction of sp³-hybridized carbons (Fsp3) is 0.188. The first-order valence-electron chi connectivity index (χ1n) is 6.10. The maximum Gasteiger partial charge on any atom is 0.311 e. The molecule has 2 rings (SSSR count). The number of hydrogen-bond donors (Lipinski definition) is 1. The van der Waals surface area contributed by atoms with Crippen LogP contribution in [0.1, 0.15) is 22.6 Å². The zero-order chi connectivity index (χ0) is 13.8. The fourth-order valence-electron chi connectivity index (χ4n) is 2.05. The molecule has 0 saturated carbocycles. The van der Waals surface area contributed by atoms with Crippen molar-refractivity contribution in [1.29, 1.82) is 0 Å². The molecule has 0 aromatic heterocycles. The number of aryl methyl sites for hydroxylation is 1. The van der Waals surface area contributed by atoms with Gasteiger partial charge >= 0.3 is 5.97 Å². The minimum absolute atomic E-state index is 0.498. The van der Waals surface area contributed by atoms with Gasteiger partial charge < -0.3 is 5.11 Å². The van der Waals surface area contributed by atoms with Crippen LogP contribution in [0.25, 0.3) is 0 Å². The lowest BCUT2D eigenvalue weighted by atomic mass is 9.91. The Labute approximate surface area is 121 Å². The molecule has 0 saturated heterocycles. The lowest BCUT2D eigenvalue weighted by molar-refractivity contribution is -0.138. The maximum absolute atomic E-state index is 11.5. The summed E-state index contributed by atoms with van der Waals surface area (Å²) in [5.41, 5.74) is 3.00. The molecule has 0 amide bonds. The first kappa shape index (κ1) is 13.8. The summed E-state index contributed by atoms with van der Waals surface area (Å²) in [6.45, 7) is 1.99. The van der Waals surface area contributed by atoms with Gasteiger partial charge in [0.15, 0.2) is 0 Å². The van der Waals surface area contributed by atoms with Gasteiger partial charge in [-0.1, -0.05) is 57.9 Å². The van der Waals surface area contributed by atoms with Crippen molar-refractivity contribution in [3.8, 4) is 0 Å². The maximum atomic E-state index is 11.5. The number of carbonyl (C=O) groups is 1. The zero-order valence-electron chi connectivity index (χ0n) is 10.6. The largest absolute Gasteiger partial charge is 0.481 e. The minimum Gasteiger partial charge on any atom is -0.481 e. The Kier molecular flexibility index (Phi) is 4.38. The summed E-state index contributed by atoms with van der Waals surface area (Å²) < 4.78 is 0.970. The van der Waals surface area contributed by atoms with Crippen LogP contribution in [-0.4, -0.2) is 11.1 Å². The van der Waals surface area contributed by atoms with E-state index in [1.807, 2.05) is 55.5 Å². The molecule has 0 aliphatic rings. The van der Waals surface area contributed by atoms with E-state index in [0.29, 0.717) is 6.42 Å². The molecule has 98 valence electrons. The number of aliphatic carboxylic acids is 1. The number of carboxylic acid groups (broad SMARTS) is 1. The highest BCUT2D eigenvalue weighted by Gasteiger charge is 2.20. The van der Waals surface area contributed by atoms with Crippen molar-refractivity contribution < 1.29 is 9.90 Å². The van der Waals surface area contributed by atoms with Crippen molar-refractivity contribution >= 4 is 21.9 Å². The second-order valence-electron chi connectivity index (χ2n) is 4.64. The number of benzene rings is 2. The van der Waals surface area contributed by atoms with E-state index in [1.54, 1.807) is 0 Å². The van der Waals surface area contributed by atoms with Crippen LogP contribution in [0.5, 0.6) is 0 Å². The molecule has 0 radical (unpaired) electrons. The normalized spacial score (nSPS) is 12.1. The monoisotopic (exact) mass is 318 g/mol. The molecule has 0 aliphatic carbocycles. The second kappa shape index (κ2) is 6.02. The lowest BCUT2D eigenvalue weighted by Crippen LogP contribution is -2.14. The molecule has 2 nitrogen and oxygen atoms in total. The van der Waals surface area contributed by atoms with Gasteiger partial charge in [0.05, 0.1) is 5.92 Å². The van der Waals surface area contributed by atoms with Crippen molar-refractivity contribution in [2.75, 3.05) is 0 Å². The van der Waals surface area contributed by atoms with Crippen LogP contribution in [0.2, 0.25) is 0 Å². The Morgan fingerprint density at radius 1 is 1.21 bits per heavy atom. The van der Waals surface area contributed by atoms with Crippen LogP contribution >= 0.6 is 15.9 Å². The van der Waals surface area contributed by atoms with Crippen LogP contribution < -0.4 is 0 Å². The molecule has 1 atom stereocenters. The van der Waals surface area contributed by atoms with Crippen LogP contribution in [0, 0.1) is 6.92 Å². The van der Waals surface area contributed by atoms with E-state index in [-0.39, 0.29) is 0 Å². The molecule has 0 fully saturated rings. The Hall–Kier alpha value is -1.61.